The van der Waals surface area contributed by atoms with E-state index in [1.165, 1.54) is 16.4 Å². The highest BCUT2D eigenvalue weighted by Gasteiger charge is 2.21. The average molecular weight is 294 g/mol. The molecule has 0 saturated heterocycles. The van der Waals surface area contributed by atoms with Gasteiger partial charge in [0.05, 0.1) is 9.82 Å². The first kappa shape index (κ1) is 14.3. The Kier molecular flexibility index (Phi) is 4.51. The van der Waals surface area contributed by atoms with E-state index in [0.29, 0.717) is 22.3 Å². The minimum Gasteiger partial charge on any atom is -0.379 e. The van der Waals surface area contributed by atoms with E-state index in [-0.39, 0.29) is 10.6 Å². The molecule has 1 aromatic heterocycles. The minimum atomic E-state index is -0.385. The molecule has 1 heterocycles. The molecule has 0 bridgehead atoms. The summed E-state index contributed by atoms with van der Waals surface area (Å²) in [7, 11) is 1.69. The number of nitrogens with one attached hydrogen (secondary N) is 1. The van der Waals surface area contributed by atoms with Crippen LogP contribution in [0.5, 0.6) is 0 Å². The molecule has 0 aliphatic rings. The second kappa shape index (κ2) is 6.33. The first-order chi connectivity index (χ1) is 9.63. The Bertz CT molecular complexity index is 615. The number of tetrazole rings is 1. The maximum absolute atomic E-state index is 11.3. The fourth-order valence-electron chi connectivity index (χ4n) is 1.60. The van der Waals surface area contributed by atoms with Gasteiger partial charge >= 0.3 is 5.69 Å². The number of benzene rings is 1. The van der Waals surface area contributed by atoms with Crippen LogP contribution in [0.15, 0.2) is 28.3 Å². The molecule has 0 fully saturated rings. The van der Waals surface area contributed by atoms with Gasteiger partial charge in [-0.15, -0.1) is 5.10 Å². The van der Waals surface area contributed by atoms with Gasteiger partial charge in [-0.2, -0.15) is 0 Å². The molecule has 0 unspecified atom stereocenters. The molecule has 106 valence electrons. The predicted molar refractivity (Wildman–Crippen MR) is 74.8 cm³/mol. The summed E-state index contributed by atoms with van der Waals surface area (Å²) < 4.78 is 1.47. The van der Waals surface area contributed by atoms with Crippen molar-refractivity contribution in [2.45, 2.75) is 23.4 Å². The van der Waals surface area contributed by atoms with Gasteiger partial charge in [0.25, 0.3) is 0 Å². The number of nitrogens with zero attached hydrogens (tertiary/aromatic N) is 5. The molecule has 0 amide bonds. The zero-order valence-electron chi connectivity index (χ0n) is 11.1. The third kappa shape index (κ3) is 3.05. The number of hydrogen-bond acceptors (Lipinski definition) is 7. The normalized spacial score (nSPS) is 10.5. The summed E-state index contributed by atoms with van der Waals surface area (Å²) in [5.41, 5.74) is 0.561. The molecular weight excluding hydrogens is 280 g/mol. The monoisotopic (exact) mass is 294 g/mol. The third-order valence-electron chi connectivity index (χ3n) is 2.53. The number of aryl methyl sites for hydroxylation is 1. The Morgan fingerprint density at radius 2 is 2.30 bits per heavy atom. The Labute approximate surface area is 119 Å². The molecule has 20 heavy (non-hydrogen) atoms. The van der Waals surface area contributed by atoms with Gasteiger partial charge in [-0.3, -0.25) is 10.1 Å². The van der Waals surface area contributed by atoms with Crippen LogP contribution < -0.4 is 5.32 Å². The van der Waals surface area contributed by atoms with Crippen molar-refractivity contribution in [3.63, 3.8) is 0 Å². The molecule has 1 N–H and O–H groups in total. The maximum Gasteiger partial charge on any atom is 0.306 e. The Morgan fingerprint density at radius 3 is 2.90 bits per heavy atom. The van der Waals surface area contributed by atoms with E-state index in [4.69, 9.17) is 0 Å². The van der Waals surface area contributed by atoms with E-state index < -0.39 is 0 Å². The van der Waals surface area contributed by atoms with Crippen molar-refractivity contribution in [1.29, 1.82) is 0 Å². The lowest BCUT2D eigenvalue weighted by atomic mass is 10.2. The zero-order valence-corrected chi connectivity index (χ0v) is 11.9. The average Bonchev–Trinajstić information content (AvgIpc) is 2.81. The van der Waals surface area contributed by atoms with Crippen LogP contribution in [-0.4, -0.2) is 31.7 Å². The van der Waals surface area contributed by atoms with Gasteiger partial charge in [0.15, 0.2) is 0 Å². The number of para-hydroxylation sites is 1. The summed E-state index contributed by atoms with van der Waals surface area (Å²) in [6, 6.07) is 5.17. The van der Waals surface area contributed by atoms with E-state index >= 15 is 0 Å². The molecule has 0 atom stereocenters. The summed E-state index contributed by atoms with van der Waals surface area (Å²) in [6.45, 7) is 2.68. The van der Waals surface area contributed by atoms with Crippen LogP contribution in [-0.2, 0) is 7.05 Å². The lowest BCUT2D eigenvalue weighted by molar-refractivity contribution is -0.386. The highest BCUT2D eigenvalue weighted by atomic mass is 32.2. The van der Waals surface area contributed by atoms with Crippen LogP contribution in [0.1, 0.15) is 13.3 Å². The summed E-state index contributed by atoms with van der Waals surface area (Å²) in [6.07, 6.45) is 0.891. The molecule has 8 nitrogen and oxygen atoms in total. The number of anilines is 1. The van der Waals surface area contributed by atoms with Crippen molar-refractivity contribution in [2.24, 2.45) is 7.05 Å². The Morgan fingerprint density at radius 1 is 1.50 bits per heavy atom. The molecule has 2 rings (SSSR count). The highest BCUT2D eigenvalue weighted by molar-refractivity contribution is 7.99. The quantitative estimate of drug-likeness (QED) is 0.643. The topological polar surface area (TPSA) is 98.8 Å². The first-order valence-corrected chi connectivity index (χ1v) is 6.86. The largest absolute Gasteiger partial charge is 0.379 e. The van der Waals surface area contributed by atoms with Crippen molar-refractivity contribution in [2.75, 3.05) is 11.9 Å². The molecule has 0 spiro atoms. The maximum atomic E-state index is 11.3. The smallest absolute Gasteiger partial charge is 0.306 e. The fraction of sp³-hybridized carbons (Fsp3) is 0.364. The summed E-state index contributed by atoms with van der Waals surface area (Å²) in [5, 5.41) is 25.9. The summed E-state index contributed by atoms with van der Waals surface area (Å²) in [5.74, 6) is 0. The van der Waals surface area contributed by atoms with Gasteiger partial charge in [0.1, 0.15) is 5.69 Å². The van der Waals surface area contributed by atoms with Crippen LogP contribution in [0.4, 0.5) is 11.4 Å². The summed E-state index contributed by atoms with van der Waals surface area (Å²) in [4.78, 5) is 11.4. The van der Waals surface area contributed by atoms with Crippen molar-refractivity contribution in [3.8, 4) is 0 Å². The molecule has 1 aromatic carbocycles. The van der Waals surface area contributed by atoms with Gasteiger partial charge in [-0.05, 0) is 40.7 Å². The highest BCUT2D eigenvalue weighted by Crippen LogP contribution is 2.38. The van der Waals surface area contributed by atoms with Gasteiger partial charge in [-0.1, -0.05) is 13.0 Å². The van der Waals surface area contributed by atoms with Crippen molar-refractivity contribution < 1.29 is 4.92 Å². The van der Waals surface area contributed by atoms with Crippen LogP contribution in [0.25, 0.3) is 0 Å². The minimum absolute atomic E-state index is 0.0500. The van der Waals surface area contributed by atoms with E-state index in [2.05, 4.69) is 20.8 Å². The van der Waals surface area contributed by atoms with Crippen LogP contribution >= 0.6 is 11.8 Å². The lowest BCUT2D eigenvalue weighted by Crippen LogP contribution is -2.04. The van der Waals surface area contributed by atoms with Crippen LogP contribution in [0.3, 0.4) is 0 Å². The van der Waals surface area contributed by atoms with Gasteiger partial charge in [0.2, 0.25) is 5.16 Å². The van der Waals surface area contributed by atoms with E-state index in [1.807, 2.05) is 6.92 Å². The molecule has 0 aliphatic carbocycles. The number of nitro groups is 1. The zero-order chi connectivity index (χ0) is 14.5. The van der Waals surface area contributed by atoms with Crippen molar-refractivity contribution in [1.82, 2.24) is 20.2 Å². The third-order valence-corrected chi connectivity index (χ3v) is 3.61. The van der Waals surface area contributed by atoms with Crippen molar-refractivity contribution in [3.05, 3.63) is 28.3 Å². The number of rotatable bonds is 6. The van der Waals surface area contributed by atoms with Crippen molar-refractivity contribution >= 4 is 23.1 Å². The van der Waals surface area contributed by atoms with E-state index in [1.54, 1.807) is 25.2 Å². The molecular formula is C11H14N6O2S. The number of aromatic nitrogens is 4. The second-order valence-corrected chi connectivity index (χ2v) is 5.03. The van der Waals surface area contributed by atoms with Crippen LogP contribution in [0, 0.1) is 10.1 Å². The van der Waals surface area contributed by atoms with Gasteiger partial charge in [0, 0.05) is 13.6 Å². The molecule has 0 saturated carbocycles. The van der Waals surface area contributed by atoms with Gasteiger partial charge < -0.3 is 5.32 Å². The van der Waals surface area contributed by atoms with Crippen LogP contribution in [0.2, 0.25) is 0 Å². The van der Waals surface area contributed by atoms with Gasteiger partial charge in [-0.25, -0.2) is 4.68 Å². The predicted octanol–water partition coefficient (Wildman–Crippen LogP) is 2.09. The standard InChI is InChI=1S/C11H14N6O2S/c1-3-7-12-8-5-4-6-9(10(8)17(18)19)20-11-13-14-15-16(11)2/h4-6,12H,3,7H2,1-2H3. The molecule has 0 aliphatic heterocycles. The van der Waals surface area contributed by atoms with E-state index in [0.717, 1.165) is 6.42 Å². The summed E-state index contributed by atoms with van der Waals surface area (Å²) >= 11 is 1.17. The molecule has 9 heteroatoms. The fourth-order valence-corrected chi connectivity index (χ4v) is 2.47. The number of hydrogen-bond donors (Lipinski definition) is 1. The lowest BCUT2D eigenvalue weighted by Gasteiger charge is -2.08. The molecule has 0 radical (unpaired) electrons. The number of nitro benzene ring substituents is 1. The SMILES string of the molecule is CCCNc1cccc(Sc2nnnn2C)c1[N+](=O)[O-]. The Balaban J connectivity index is 2.36. The first-order valence-electron chi connectivity index (χ1n) is 6.05. The molecule has 2 aromatic rings. The Hall–Kier alpha value is -2.16. The van der Waals surface area contributed by atoms with E-state index in [9.17, 15) is 10.1 Å². The second-order valence-electron chi connectivity index (χ2n) is 4.02.